The summed E-state index contributed by atoms with van der Waals surface area (Å²) in [5.41, 5.74) is 2.76. The molecule has 3 aromatic carbocycles. The minimum Gasteiger partial charge on any atom is -0.497 e. The molecule has 0 bridgehead atoms. The van der Waals surface area contributed by atoms with E-state index < -0.39 is 0 Å². The molecular weight excluding hydrogens is 444 g/mol. The Morgan fingerprint density at radius 3 is 2.56 bits per heavy atom. The number of amides is 1. The summed E-state index contributed by atoms with van der Waals surface area (Å²) >= 11 is 7.41. The Morgan fingerprint density at radius 1 is 1.03 bits per heavy atom. The van der Waals surface area contributed by atoms with Gasteiger partial charge in [0.15, 0.2) is 11.0 Å². The summed E-state index contributed by atoms with van der Waals surface area (Å²) in [4.78, 5) is 12.4. The lowest BCUT2D eigenvalue weighted by atomic mass is 10.2. The van der Waals surface area contributed by atoms with Crippen molar-refractivity contribution in [1.82, 2.24) is 20.1 Å². The van der Waals surface area contributed by atoms with Gasteiger partial charge < -0.3 is 10.1 Å². The molecule has 6 nitrogen and oxygen atoms in total. The fourth-order valence-electron chi connectivity index (χ4n) is 3.11. The van der Waals surface area contributed by atoms with Gasteiger partial charge in [-0.1, -0.05) is 65.8 Å². The number of ether oxygens (including phenoxy) is 1. The standard InChI is InChI=1S/C24H21ClN4O2S/c1-31-21-9-5-8-18(14-21)23-27-28-24(29(23)20-12-10-19(25)11-13-20)32-16-22(30)26-15-17-6-3-2-4-7-17/h2-14H,15-16H2,1H3,(H,26,30). The molecule has 32 heavy (non-hydrogen) atoms. The Bertz CT molecular complexity index is 1200. The largest absolute Gasteiger partial charge is 0.497 e. The van der Waals surface area contributed by atoms with Gasteiger partial charge in [0, 0.05) is 22.8 Å². The van der Waals surface area contributed by atoms with Crippen LogP contribution in [0.15, 0.2) is 84.0 Å². The molecule has 0 unspecified atom stereocenters. The zero-order valence-corrected chi connectivity index (χ0v) is 18.9. The summed E-state index contributed by atoms with van der Waals surface area (Å²) in [7, 11) is 1.62. The van der Waals surface area contributed by atoms with Crippen LogP contribution >= 0.6 is 23.4 Å². The smallest absolute Gasteiger partial charge is 0.230 e. The average Bonchev–Trinajstić information content (AvgIpc) is 3.26. The summed E-state index contributed by atoms with van der Waals surface area (Å²) < 4.78 is 7.27. The van der Waals surface area contributed by atoms with Crippen LogP contribution < -0.4 is 10.1 Å². The van der Waals surface area contributed by atoms with Crippen molar-refractivity contribution in [1.29, 1.82) is 0 Å². The molecule has 4 rings (SSSR count). The van der Waals surface area contributed by atoms with Crippen LogP contribution in [0.4, 0.5) is 0 Å². The van der Waals surface area contributed by atoms with Gasteiger partial charge in [0.2, 0.25) is 5.91 Å². The molecule has 1 heterocycles. The number of aromatic nitrogens is 3. The van der Waals surface area contributed by atoms with Gasteiger partial charge in [-0.15, -0.1) is 10.2 Å². The Balaban J connectivity index is 1.57. The summed E-state index contributed by atoms with van der Waals surface area (Å²) in [6.45, 7) is 0.485. The number of halogens is 1. The van der Waals surface area contributed by atoms with E-state index in [2.05, 4.69) is 15.5 Å². The maximum absolute atomic E-state index is 12.4. The van der Waals surface area contributed by atoms with Crippen molar-refractivity contribution in [2.45, 2.75) is 11.7 Å². The molecule has 1 amide bonds. The van der Waals surface area contributed by atoms with Crippen LogP contribution in [0.25, 0.3) is 17.1 Å². The SMILES string of the molecule is COc1cccc(-c2nnc(SCC(=O)NCc3ccccc3)n2-c2ccc(Cl)cc2)c1. The van der Waals surface area contributed by atoms with Crippen molar-refractivity contribution in [2.75, 3.05) is 12.9 Å². The van der Waals surface area contributed by atoms with Crippen LogP contribution in [0.3, 0.4) is 0 Å². The van der Waals surface area contributed by atoms with E-state index in [0.717, 1.165) is 22.6 Å². The van der Waals surface area contributed by atoms with Crippen LogP contribution in [0, 0.1) is 0 Å². The van der Waals surface area contributed by atoms with Crippen molar-refractivity contribution in [3.8, 4) is 22.8 Å². The first kappa shape index (κ1) is 21.9. The Morgan fingerprint density at radius 2 is 1.81 bits per heavy atom. The minimum atomic E-state index is -0.0764. The van der Waals surface area contributed by atoms with E-state index in [1.807, 2.05) is 83.4 Å². The van der Waals surface area contributed by atoms with E-state index in [9.17, 15) is 4.79 Å². The van der Waals surface area contributed by atoms with Crippen molar-refractivity contribution in [3.05, 3.63) is 89.4 Å². The maximum Gasteiger partial charge on any atom is 0.230 e. The van der Waals surface area contributed by atoms with Crippen LogP contribution in [-0.4, -0.2) is 33.5 Å². The Hall–Kier alpha value is -3.29. The average molecular weight is 465 g/mol. The van der Waals surface area contributed by atoms with E-state index >= 15 is 0 Å². The first-order valence-electron chi connectivity index (χ1n) is 9.93. The zero-order chi connectivity index (χ0) is 22.3. The first-order chi connectivity index (χ1) is 15.6. The lowest BCUT2D eigenvalue weighted by molar-refractivity contribution is -0.118. The third kappa shape index (κ3) is 5.30. The molecule has 0 aliphatic rings. The molecule has 0 spiro atoms. The van der Waals surface area contributed by atoms with E-state index in [-0.39, 0.29) is 11.7 Å². The number of nitrogens with one attached hydrogen (secondary N) is 1. The van der Waals surface area contributed by atoms with Gasteiger partial charge in [-0.25, -0.2) is 0 Å². The third-order valence-electron chi connectivity index (χ3n) is 4.71. The number of benzene rings is 3. The highest BCUT2D eigenvalue weighted by Gasteiger charge is 2.18. The fourth-order valence-corrected chi connectivity index (χ4v) is 4.02. The molecule has 0 saturated carbocycles. The van der Waals surface area contributed by atoms with Gasteiger partial charge in [-0.3, -0.25) is 9.36 Å². The highest BCUT2D eigenvalue weighted by molar-refractivity contribution is 7.99. The lowest BCUT2D eigenvalue weighted by Gasteiger charge is -2.11. The molecule has 0 aliphatic carbocycles. The number of nitrogens with zero attached hydrogens (tertiary/aromatic N) is 3. The van der Waals surface area contributed by atoms with E-state index in [0.29, 0.717) is 22.5 Å². The van der Waals surface area contributed by atoms with E-state index in [1.165, 1.54) is 11.8 Å². The van der Waals surface area contributed by atoms with Crippen LogP contribution in [0.5, 0.6) is 5.75 Å². The number of rotatable bonds is 8. The summed E-state index contributed by atoms with van der Waals surface area (Å²) in [5.74, 6) is 1.52. The Kier molecular flexibility index (Phi) is 7.09. The number of carbonyl (C=O) groups excluding carboxylic acids is 1. The topological polar surface area (TPSA) is 69.0 Å². The maximum atomic E-state index is 12.4. The van der Waals surface area contributed by atoms with E-state index in [1.54, 1.807) is 7.11 Å². The second-order valence-corrected chi connectivity index (χ2v) is 8.28. The molecule has 0 aliphatic heterocycles. The molecule has 162 valence electrons. The van der Waals surface area contributed by atoms with Gasteiger partial charge in [-0.2, -0.15) is 0 Å². The minimum absolute atomic E-state index is 0.0764. The molecule has 4 aromatic rings. The predicted octanol–water partition coefficient (Wildman–Crippen LogP) is 5.00. The molecule has 1 N–H and O–H groups in total. The van der Waals surface area contributed by atoms with Crippen molar-refractivity contribution in [3.63, 3.8) is 0 Å². The number of methoxy groups -OCH3 is 1. The first-order valence-corrected chi connectivity index (χ1v) is 11.3. The quantitative estimate of drug-likeness (QED) is 0.371. The van der Waals surface area contributed by atoms with Gasteiger partial charge in [0.1, 0.15) is 5.75 Å². The number of thioether (sulfide) groups is 1. The lowest BCUT2D eigenvalue weighted by Crippen LogP contribution is -2.24. The second kappa shape index (κ2) is 10.3. The van der Waals surface area contributed by atoms with Crippen LogP contribution in [-0.2, 0) is 11.3 Å². The molecule has 8 heteroatoms. The highest BCUT2D eigenvalue weighted by Crippen LogP contribution is 2.30. The van der Waals surface area contributed by atoms with Crippen molar-refractivity contribution in [2.24, 2.45) is 0 Å². The molecule has 1 aromatic heterocycles. The second-order valence-electron chi connectivity index (χ2n) is 6.90. The third-order valence-corrected chi connectivity index (χ3v) is 5.89. The number of carbonyl (C=O) groups is 1. The summed E-state index contributed by atoms with van der Waals surface area (Å²) in [5, 5.41) is 13.0. The van der Waals surface area contributed by atoms with Gasteiger partial charge in [0.05, 0.1) is 12.9 Å². The Labute approximate surface area is 195 Å². The number of hydrogen-bond donors (Lipinski definition) is 1. The monoisotopic (exact) mass is 464 g/mol. The van der Waals surface area contributed by atoms with Crippen molar-refractivity contribution < 1.29 is 9.53 Å². The molecule has 0 fully saturated rings. The fraction of sp³-hybridized carbons (Fsp3) is 0.125. The van der Waals surface area contributed by atoms with Crippen LogP contribution in [0.1, 0.15) is 5.56 Å². The van der Waals surface area contributed by atoms with Gasteiger partial charge in [-0.05, 0) is 42.0 Å². The molecule has 0 atom stereocenters. The van der Waals surface area contributed by atoms with Crippen molar-refractivity contribution >= 4 is 29.3 Å². The van der Waals surface area contributed by atoms with Gasteiger partial charge >= 0.3 is 0 Å². The summed E-state index contributed by atoms with van der Waals surface area (Å²) in [6.07, 6.45) is 0. The molecular formula is C24H21ClN4O2S. The normalized spacial score (nSPS) is 10.7. The van der Waals surface area contributed by atoms with Gasteiger partial charge in [0.25, 0.3) is 0 Å². The molecule has 0 saturated heterocycles. The summed E-state index contributed by atoms with van der Waals surface area (Å²) in [6, 6.07) is 24.8. The zero-order valence-electron chi connectivity index (χ0n) is 17.4. The number of hydrogen-bond acceptors (Lipinski definition) is 5. The van der Waals surface area contributed by atoms with Crippen LogP contribution in [0.2, 0.25) is 5.02 Å². The molecule has 0 radical (unpaired) electrons. The highest BCUT2D eigenvalue weighted by atomic mass is 35.5. The predicted molar refractivity (Wildman–Crippen MR) is 127 cm³/mol. The van der Waals surface area contributed by atoms with E-state index in [4.69, 9.17) is 16.3 Å².